The van der Waals surface area contributed by atoms with Gasteiger partial charge < -0.3 is 30.2 Å². The van der Waals surface area contributed by atoms with Crippen LogP contribution in [0.2, 0.25) is 0 Å². The minimum Gasteiger partial charge on any atom is -0.468 e. The number of para-hydroxylation sites is 1. The van der Waals surface area contributed by atoms with Crippen molar-refractivity contribution in [3.05, 3.63) is 36.7 Å². The monoisotopic (exact) mass is 607 g/mol. The second-order valence-electron chi connectivity index (χ2n) is 10.6. The summed E-state index contributed by atoms with van der Waals surface area (Å²) in [6.07, 6.45) is 1.13. The molecule has 228 valence electrons. The van der Waals surface area contributed by atoms with Crippen LogP contribution in [0.5, 0.6) is 5.75 Å². The molecular formula is C26H35FN7O7P. The molecule has 14 nitrogen and oxygen atoms in total. The van der Waals surface area contributed by atoms with Crippen LogP contribution in [0.15, 0.2) is 36.7 Å². The van der Waals surface area contributed by atoms with Crippen LogP contribution in [-0.2, 0) is 23.4 Å². The molecule has 1 unspecified atom stereocenters. The molecule has 0 radical (unpaired) electrons. The summed E-state index contributed by atoms with van der Waals surface area (Å²) in [5.41, 5.74) is 4.24. The number of imidazole rings is 1. The van der Waals surface area contributed by atoms with E-state index in [-0.39, 0.29) is 23.4 Å². The van der Waals surface area contributed by atoms with Crippen molar-refractivity contribution < 1.29 is 37.4 Å². The lowest BCUT2D eigenvalue weighted by atomic mass is 9.98. The maximum atomic E-state index is 16.1. The van der Waals surface area contributed by atoms with Gasteiger partial charge in [-0.1, -0.05) is 31.0 Å². The van der Waals surface area contributed by atoms with E-state index in [0.29, 0.717) is 11.3 Å². The number of carbonyl (C=O) groups excluding carboxylic acids is 1. The highest BCUT2D eigenvalue weighted by Crippen LogP contribution is 2.48. The first-order valence-corrected chi connectivity index (χ1v) is 15.2. The molecule has 0 bridgehead atoms. The van der Waals surface area contributed by atoms with E-state index in [1.807, 2.05) is 0 Å². The number of benzene rings is 1. The number of halogens is 1. The fourth-order valence-corrected chi connectivity index (χ4v) is 6.67. The van der Waals surface area contributed by atoms with E-state index < -0.39 is 50.5 Å². The predicted molar refractivity (Wildman–Crippen MR) is 150 cm³/mol. The molecule has 42 heavy (non-hydrogen) atoms. The van der Waals surface area contributed by atoms with Crippen LogP contribution >= 0.6 is 7.75 Å². The van der Waals surface area contributed by atoms with Crippen molar-refractivity contribution >= 4 is 36.6 Å². The Bertz CT molecular complexity index is 1450. The molecule has 6 atom stereocenters. The zero-order valence-corrected chi connectivity index (χ0v) is 24.4. The van der Waals surface area contributed by atoms with E-state index in [9.17, 15) is 14.5 Å². The lowest BCUT2D eigenvalue weighted by Crippen LogP contribution is -2.41. The molecule has 1 saturated carbocycles. The molecule has 0 spiro atoms. The highest BCUT2D eigenvalue weighted by Gasteiger charge is 2.56. The van der Waals surface area contributed by atoms with Crippen LogP contribution in [0, 0.1) is 0 Å². The molecule has 1 aromatic carbocycles. The first-order valence-electron chi connectivity index (χ1n) is 13.6. The molecule has 3 heterocycles. The average molecular weight is 608 g/mol. The molecule has 5 N–H and O–H groups in total. The van der Waals surface area contributed by atoms with Gasteiger partial charge in [0.1, 0.15) is 24.0 Å². The lowest BCUT2D eigenvalue weighted by Gasteiger charge is -2.25. The number of ether oxygens (including phenoxy) is 2. The summed E-state index contributed by atoms with van der Waals surface area (Å²) in [6, 6.07) is 7.29. The Morgan fingerprint density at radius 1 is 1.31 bits per heavy atom. The molecule has 5 rings (SSSR count). The number of anilines is 2. The van der Waals surface area contributed by atoms with Crippen molar-refractivity contribution in [1.29, 1.82) is 0 Å². The molecule has 3 aromatic rings. The number of nitrogens with one attached hydrogen (secondary N) is 2. The molecular weight excluding hydrogens is 572 g/mol. The number of carbonyl (C=O) groups is 1. The third-order valence-corrected chi connectivity index (χ3v) is 9.03. The molecule has 1 aliphatic heterocycles. The minimum absolute atomic E-state index is 0.0338. The van der Waals surface area contributed by atoms with Crippen molar-refractivity contribution in [3.8, 4) is 5.75 Å². The van der Waals surface area contributed by atoms with E-state index in [1.54, 1.807) is 30.3 Å². The summed E-state index contributed by atoms with van der Waals surface area (Å²) in [5, 5.41) is 16.8. The van der Waals surface area contributed by atoms with Crippen LogP contribution in [0.25, 0.3) is 11.2 Å². The number of nitrogens with two attached hydrogens (primary N) is 1. The third kappa shape index (κ3) is 6.20. The number of esters is 1. The van der Waals surface area contributed by atoms with Gasteiger partial charge in [-0.2, -0.15) is 15.1 Å². The Morgan fingerprint density at radius 2 is 2.02 bits per heavy atom. The van der Waals surface area contributed by atoms with Gasteiger partial charge in [0.2, 0.25) is 5.95 Å². The number of hydrogen-bond donors (Lipinski definition) is 4. The maximum absolute atomic E-state index is 16.1. The van der Waals surface area contributed by atoms with Crippen molar-refractivity contribution in [2.45, 2.75) is 75.7 Å². The van der Waals surface area contributed by atoms with Gasteiger partial charge in [0, 0.05) is 6.04 Å². The number of hydrogen-bond acceptors (Lipinski definition) is 12. The van der Waals surface area contributed by atoms with E-state index in [1.165, 1.54) is 31.9 Å². The van der Waals surface area contributed by atoms with E-state index in [0.717, 1.165) is 25.7 Å². The van der Waals surface area contributed by atoms with Gasteiger partial charge in [-0.3, -0.25) is 13.9 Å². The largest absolute Gasteiger partial charge is 0.468 e. The molecule has 1 saturated heterocycles. The van der Waals surface area contributed by atoms with Crippen LogP contribution < -0.4 is 20.7 Å². The summed E-state index contributed by atoms with van der Waals surface area (Å²) in [6.45, 7) is 2.04. The molecule has 2 aliphatic rings. The predicted octanol–water partition coefficient (Wildman–Crippen LogP) is 3.10. The van der Waals surface area contributed by atoms with Crippen molar-refractivity contribution in [1.82, 2.24) is 24.6 Å². The molecule has 1 aliphatic carbocycles. The first kappa shape index (κ1) is 30.1. The number of fused-ring (bicyclic) bond motifs is 1. The van der Waals surface area contributed by atoms with Gasteiger partial charge in [0.25, 0.3) is 0 Å². The van der Waals surface area contributed by atoms with Gasteiger partial charge in [-0.05, 0) is 38.8 Å². The number of methoxy groups -OCH3 is 1. The summed E-state index contributed by atoms with van der Waals surface area (Å²) < 4.78 is 53.0. The standard InChI is InChI=1S/C26H35FN7O7P/c1-15(23(36)38-3)33-42(37,41-17-11-5-4-6-12-17)39-13-18-20(35)26(2,27)24(40-18)34-14-29-19-21(30-16-9-7-8-10-16)31-25(28)32-22(19)34/h4-6,11-12,14-16,18,20,24,35H,7-10,13H2,1-3H3,(H,33,37)(H3,28,30,31,32)/t15-,18+,20+,24+,26+,42?/m0/s1. The summed E-state index contributed by atoms with van der Waals surface area (Å²) in [5.74, 6) is -0.116. The number of aromatic nitrogens is 4. The quantitative estimate of drug-likeness (QED) is 0.184. The number of alkyl halides is 1. The first-order chi connectivity index (χ1) is 20.0. The maximum Gasteiger partial charge on any atom is 0.459 e. The Morgan fingerprint density at radius 3 is 2.71 bits per heavy atom. The normalized spacial score (nSPS) is 26.6. The summed E-state index contributed by atoms with van der Waals surface area (Å²) >= 11 is 0. The highest BCUT2D eigenvalue weighted by atomic mass is 31.2. The van der Waals surface area contributed by atoms with Crippen LogP contribution in [0.1, 0.15) is 45.8 Å². The van der Waals surface area contributed by atoms with Gasteiger partial charge in [0.15, 0.2) is 28.9 Å². The molecule has 0 amide bonds. The Hall–Kier alpha value is -3.36. The fraction of sp³-hybridized carbons (Fsp3) is 0.538. The number of nitrogens with zero attached hydrogens (tertiary/aromatic N) is 4. The van der Waals surface area contributed by atoms with Crippen LogP contribution in [0.4, 0.5) is 16.2 Å². The number of nitrogen functional groups attached to an aromatic ring is 1. The Balaban J connectivity index is 1.37. The van der Waals surface area contributed by atoms with Crippen LogP contribution in [-0.4, -0.2) is 74.3 Å². The SMILES string of the molecule is COC(=O)[C@H](C)NP(=O)(OC[C@H]1O[C@@H](n2cnc3c(NC4CCCC4)nc(N)nc32)[C@](C)(F)[C@@H]1O)Oc1ccccc1. The Kier molecular flexibility index (Phi) is 8.67. The third-order valence-electron chi connectivity index (χ3n) is 7.39. The fourth-order valence-electron chi connectivity index (χ4n) is 5.17. The number of aliphatic hydroxyl groups is 1. The van der Waals surface area contributed by atoms with E-state index >= 15 is 4.39 Å². The van der Waals surface area contributed by atoms with Gasteiger partial charge in [-0.15, -0.1) is 0 Å². The van der Waals surface area contributed by atoms with Gasteiger partial charge in [-0.25, -0.2) is 13.9 Å². The highest BCUT2D eigenvalue weighted by molar-refractivity contribution is 7.52. The number of aliphatic hydroxyl groups excluding tert-OH is 1. The molecule has 2 aromatic heterocycles. The van der Waals surface area contributed by atoms with Crippen molar-refractivity contribution in [3.63, 3.8) is 0 Å². The van der Waals surface area contributed by atoms with Gasteiger partial charge in [0.05, 0.1) is 20.0 Å². The minimum atomic E-state index is -4.26. The summed E-state index contributed by atoms with van der Waals surface area (Å²) in [4.78, 5) is 25.0. The smallest absolute Gasteiger partial charge is 0.459 e. The van der Waals surface area contributed by atoms with Gasteiger partial charge >= 0.3 is 13.7 Å². The molecule has 2 fully saturated rings. The van der Waals surface area contributed by atoms with Crippen LogP contribution in [0.3, 0.4) is 0 Å². The topological polar surface area (TPSA) is 185 Å². The summed E-state index contributed by atoms with van der Waals surface area (Å²) in [7, 11) is -3.08. The second kappa shape index (κ2) is 12.1. The average Bonchev–Trinajstić information content (AvgIpc) is 3.67. The van der Waals surface area contributed by atoms with Crippen molar-refractivity contribution in [2.24, 2.45) is 0 Å². The second-order valence-corrected chi connectivity index (χ2v) is 12.3. The van der Waals surface area contributed by atoms with E-state index in [2.05, 4.69) is 25.4 Å². The number of rotatable bonds is 11. The Labute approximate surface area is 241 Å². The van der Waals surface area contributed by atoms with Crippen molar-refractivity contribution in [2.75, 3.05) is 24.8 Å². The lowest BCUT2D eigenvalue weighted by molar-refractivity contribution is -0.142. The molecule has 16 heteroatoms. The zero-order chi connectivity index (χ0) is 30.1. The zero-order valence-electron chi connectivity index (χ0n) is 23.5. The van der Waals surface area contributed by atoms with E-state index in [4.69, 9.17) is 24.3 Å².